The second-order valence-corrected chi connectivity index (χ2v) is 5.58. The summed E-state index contributed by atoms with van der Waals surface area (Å²) < 4.78 is 8.08. The Labute approximate surface area is 110 Å². The van der Waals surface area contributed by atoms with E-state index in [9.17, 15) is 0 Å². The summed E-state index contributed by atoms with van der Waals surface area (Å²) in [5.41, 5.74) is 6.99. The molecular weight excluding hydrogens is 226 g/mol. The zero-order chi connectivity index (χ0) is 13.0. The average molecular weight is 251 g/mol. The quantitative estimate of drug-likeness (QED) is 0.874. The summed E-state index contributed by atoms with van der Waals surface area (Å²) in [6.07, 6.45) is 8.66. The van der Waals surface area contributed by atoms with Crippen molar-refractivity contribution in [3.8, 4) is 0 Å². The highest BCUT2D eigenvalue weighted by atomic mass is 16.5. The molecule has 1 aliphatic carbocycles. The fraction of sp³-hybridized carbons (Fsp3) is 0.786. The molecule has 0 bridgehead atoms. The SMILES string of the molecule is CCn1cc(COC2(CN)CCCC(C)C2)cn1. The number of nitrogens with two attached hydrogens (primary N) is 1. The molecule has 1 aromatic rings. The summed E-state index contributed by atoms with van der Waals surface area (Å²) in [7, 11) is 0. The normalized spacial score (nSPS) is 28.5. The molecule has 1 aromatic heterocycles. The standard InChI is InChI=1S/C14H25N3O/c1-3-17-9-13(8-16-17)10-18-14(11-15)6-4-5-12(2)7-14/h8-9,12H,3-7,10-11,15H2,1-2H3. The van der Waals surface area contributed by atoms with Gasteiger partial charge in [-0.1, -0.05) is 19.8 Å². The molecule has 0 radical (unpaired) electrons. The molecule has 0 aromatic carbocycles. The lowest BCUT2D eigenvalue weighted by atomic mass is 9.79. The number of aryl methyl sites for hydroxylation is 1. The molecule has 2 rings (SSSR count). The molecular formula is C14H25N3O. The van der Waals surface area contributed by atoms with Crippen LogP contribution < -0.4 is 5.73 Å². The first-order valence-electron chi connectivity index (χ1n) is 7.03. The van der Waals surface area contributed by atoms with E-state index in [0.29, 0.717) is 13.2 Å². The molecule has 1 aliphatic rings. The number of hydrogen-bond acceptors (Lipinski definition) is 3. The fourth-order valence-corrected chi connectivity index (χ4v) is 2.88. The summed E-state index contributed by atoms with van der Waals surface area (Å²) in [5.74, 6) is 0.723. The van der Waals surface area contributed by atoms with Gasteiger partial charge < -0.3 is 10.5 Å². The third kappa shape index (κ3) is 3.12. The van der Waals surface area contributed by atoms with Gasteiger partial charge in [-0.25, -0.2) is 0 Å². The number of aromatic nitrogens is 2. The van der Waals surface area contributed by atoms with Crippen LogP contribution >= 0.6 is 0 Å². The third-order valence-corrected chi connectivity index (χ3v) is 3.98. The topological polar surface area (TPSA) is 53.1 Å². The highest BCUT2D eigenvalue weighted by Gasteiger charge is 2.34. The maximum atomic E-state index is 6.16. The zero-order valence-corrected chi connectivity index (χ0v) is 11.6. The third-order valence-electron chi connectivity index (χ3n) is 3.98. The van der Waals surface area contributed by atoms with Crippen molar-refractivity contribution in [2.75, 3.05) is 6.54 Å². The number of nitrogens with zero attached hydrogens (tertiary/aromatic N) is 2. The molecule has 0 saturated heterocycles. The van der Waals surface area contributed by atoms with Crippen LogP contribution in [-0.4, -0.2) is 21.9 Å². The first-order valence-corrected chi connectivity index (χ1v) is 7.03. The van der Waals surface area contributed by atoms with E-state index >= 15 is 0 Å². The summed E-state index contributed by atoms with van der Waals surface area (Å²) >= 11 is 0. The number of hydrogen-bond donors (Lipinski definition) is 1. The van der Waals surface area contributed by atoms with Gasteiger partial charge >= 0.3 is 0 Å². The summed E-state index contributed by atoms with van der Waals surface area (Å²) in [6.45, 7) is 6.53. The molecule has 0 aliphatic heterocycles. The van der Waals surface area contributed by atoms with Crippen molar-refractivity contribution in [3.63, 3.8) is 0 Å². The van der Waals surface area contributed by atoms with Crippen LogP contribution in [0.15, 0.2) is 12.4 Å². The van der Waals surface area contributed by atoms with Crippen molar-refractivity contribution < 1.29 is 4.74 Å². The van der Waals surface area contributed by atoms with E-state index < -0.39 is 0 Å². The molecule has 2 atom stereocenters. The molecule has 2 N–H and O–H groups in total. The molecule has 2 unspecified atom stereocenters. The predicted molar refractivity (Wildman–Crippen MR) is 72.1 cm³/mol. The lowest BCUT2D eigenvalue weighted by molar-refractivity contribution is -0.0840. The predicted octanol–water partition coefficient (Wildman–Crippen LogP) is 2.33. The maximum Gasteiger partial charge on any atom is 0.0811 e. The smallest absolute Gasteiger partial charge is 0.0811 e. The first-order chi connectivity index (χ1) is 8.67. The van der Waals surface area contributed by atoms with Gasteiger partial charge in [0.25, 0.3) is 0 Å². The maximum absolute atomic E-state index is 6.16. The fourth-order valence-electron chi connectivity index (χ4n) is 2.88. The molecule has 1 heterocycles. The van der Waals surface area contributed by atoms with Crippen molar-refractivity contribution in [1.82, 2.24) is 9.78 Å². The van der Waals surface area contributed by atoms with Crippen LogP contribution in [0.2, 0.25) is 0 Å². The van der Waals surface area contributed by atoms with Crippen LogP contribution in [0.3, 0.4) is 0 Å². The molecule has 0 amide bonds. The highest BCUT2D eigenvalue weighted by Crippen LogP contribution is 2.35. The minimum absolute atomic E-state index is 0.105. The monoisotopic (exact) mass is 251 g/mol. The Kier molecular flexibility index (Phi) is 4.40. The van der Waals surface area contributed by atoms with Crippen LogP contribution in [0.1, 0.15) is 45.1 Å². The minimum atomic E-state index is -0.105. The van der Waals surface area contributed by atoms with E-state index in [0.717, 1.165) is 30.9 Å². The van der Waals surface area contributed by atoms with Gasteiger partial charge in [0.05, 0.1) is 18.4 Å². The average Bonchev–Trinajstić information content (AvgIpc) is 2.84. The Bertz CT molecular complexity index is 377. The summed E-state index contributed by atoms with van der Waals surface area (Å²) in [5, 5.41) is 4.27. The Balaban J connectivity index is 1.93. The Hall–Kier alpha value is -0.870. The van der Waals surface area contributed by atoms with Crippen LogP contribution in [0.25, 0.3) is 0 Å². The summed E-state index contributed by atoms with van der Waals surface area (Å²) in [4.78, 5) is 0. The highest BCUT2D eigenvalue weighted by molar-refractivity contribution is 5.02. The first kappa shape index (κ1) is 13.6. The van der Waals surface area contributed by atoms with Crippen molar-refractivity contribution >= 4 is 0 Å². The largest absolute Gasteiger partial charge is 0.369 e. The van der Waals surface area contributed by atoms with Gasteiger partial charge in [0.2, 0.25) is 0 Å². The van der Waals surface area contributed by atoms with Gasteiger partial charge in [-0.05, 0) is 25.7 Å². The molecule has 4 heteroatoms. The van der Waals surface area contributed by atoms with E-state index in [1.54, 1.807) is 0 Å². The molecule has 18 heavy (non-hydrogen) atoms. The van der Waals surface area contributed by atoms with Crippen molar-refractivity contribution in [3.05, 3.63) is 18.0 Å². The Morgan fingerprint density at radius 3 is 3.06 bits per heavy atom. The van der Waals surface area contributed by atoms with Gasteiger partial charge in [0.1, 0.15) is 0 Å². The van der Waals surface area contributed by atoms with E-state index in [1.807, 2.05) is 10.9 Å². The van der Waals surface area contributed by atoms with Crippen LogP contribution in [0, 0.1) is 5.92 Å². The molecule has 0 spiro atoms. The van der Waals surface area contributed by atoms with Gasteiger partial charge in [-0.15, -0.1) is 0 Å². The summed E-state index contributed by atoms with van der Waals surface area (Å²) in [6, 6.07) is 0. The van der Waals surface area contributed by atoms with E-state index in [-0.39, 0.29) is 5.60 Å². The lowest BCUT2D eigenvalue weighted by Crippen LogP contribution is -2.44. The Morgan fingerprint density at radius 1 is 1.61 bits per heavy atom. The molecule has 1 saturated carbocycles. The van der Waals surface area contributed by atoms with Crippen LogP contribution in [0.4, 0.5) is 0 Å². The minimum Gasteiger partial charge on any atom is -0.369 e. The zero-order valence-electron chi connectivity index (χ0n) is 11.6. The van der Waals surface area contributed by atoms with Gasteiger partial charge in [0, 0.05) is 24.8 Å². The van der Waals surface area contributed by atoms with E-state index in [2.05, 4.69) is 25.1 Å². The Morgan fingerprint density at radius 2 is 2.44 bits per heavy atom. The number of rotatable bonds is 5. The second kappa shape index (κ2) is 5.85. The lowest BCUT2D eigenvalue weighted by Gasteiger charge is -2.39. The van der Waals surface area contributed by atoms with E-state index in [4.69, 9.17) is 10.5 Å². The van der Waals surface area contributed by atoms with E-state index in [1.165, 1.54) is 12.8 Å². The van der Waals surface area contributed by atoms with Crippen molar-refractivity contribution in [2.45, 2.75) is 58.3 Å². The van der Waals surface area contributed by atoms with Crippen molar-refractivity contribution in [2.24, 2.45) is 11.7 Å². The second-order valence-electron chi connectivity index (χ2n) is 5.58. The molecule has 1 fully saturated rings. The van der Waals surface area contributed by atoms with Crippen LogP contribution in [-0.2, 0) is 17.9 Å². The molecule has 4 nitrogen and oxygen atoms in total. The van der Waals surface area contributed by atoms with Gasteiger partial charge in [0.15, 0.2) is 0 Å². The number of ether oxygens (including phenoxy) is 1. The van der Waals surface area contributed by atoms with Gasteiger partial charge in [-0.2, -0.15) is 5.10 Å². The molecule has 102 valence electrons. The van der Waals surface area contributed by atoms with Gasteiger partial charge in [-0.3, -0.25) is 4.68 Å². The van der Waals surface area contributed by atoms with Crippen molar-refractivity contribution in [1.29, 1.82) is 0 Å². The van der Waals surface area contributed by atoms with Crippen LogP contribution in [0.5, 0.6) is 0 Å².